The van der Waals surface area contributed by atoms with Crippen LogP contribution in [0.3, 0.4) is 0 Å². The summed E-state index contributed by atoms with van der Waals surface area (Å²) in [5.41, 5.74) is 1.43. The molecule has 0 bridgehead atoms. The van der Waals surface area contributed by atoms with E-state index in [0.29, 0.717) is 0 Å². The van der Waals surface area contributed by atoms with Crippen molar-refractivity contribution in [3.63, 3.8) is 0 Å². The van der Waals surface area contributed by atoms with E-state index < -0.39 is 0 Å². The molecule has 1 aromatic carbocycles. The van der Waals surface area contributed by atoms with E-state index in [0.717, 1.165) is 16.6 Å². The molecule has 0 radical (unpaired) electrons. The van der Waals surface area contributed by atoms with Gasteiger partial charge in [0.2, 0.25) is 5.91 Å². The van der Waals surface area contributed by atoms with Crippen molar-refractivity contribution >= 4 is 22.9 Å². The number of nitrogens with one attached hydrogen (secondary N) is 1. The maximum absolute atomic E-state index is 12.0. The smallest absolute Gasteiger partial charge is 0.244 e. The minimum absolute atomic E-state index is 0.0860. The highest BCUT2D eigenvalue weighted by molar-refractivity contribution is 5.92. The molecule has 1 amide bonds. The Kier molecular flexibility index (Phi) is 4.93. The number of hydrogen-bond acceptors (Lipinski definition) is 3. The second-order valence-corrected chi connectivity index (χ2v) is 6.37. The number of fused-ring (bicyclic) bond motifs is 1. The summed E-state index contributed by atoms with van der Waals surface area (Å²) in [6.45, 7) is 5.84. The molecule has 0 aliphatic heterocycles. The molecule has 4 heteroatoms. The fourth-order valence-corrected chi connectivity index (χ4v) is 2.09. The Bertz CT molecular complexity index is 687. The molecule has 0 aliphatic carbocycles. The lowest BCUT2D eigenvalue weighted by Crippen LogP contribution is -2.45. The highest BCUT2D eigenvalue weighted by atomic mass is 16.3. The van der Waals surface area contributed by atoms with Crippen LogP contribution in [0, 0.1) is 5.41 Å². The van der Waals surface area contributed by atoms with E-state index in [1.54, 1.807) is 6.08 Å². The third-order valence-corrected chi connectivity index (χ3v) is 3.57. The van der Waals surface area contributed by atoms with Crippen LogP contribution in [0.4, 0.5) is 0 Å². The fourth-order valence-electron chi connectivity index (χ4n) is 2.09. The normalized spacial score (nSPS) is 13.5. The molecule has 4 nitrogen and oxygen atoms in total. The molecule has 0 saturated heterocycles. The van der Waals surface area contributed by atoms with Gasteiger partial charge in [0.05, 0.1) is 23.9 Å². The van der Waals surface area contributed by atoms with Crippen LogP contribution in [0.15, 0.2) is 42.5 Å². The van der Waals surface area contributed by atoms with Gasteiger partial charge in [-0.15, -0.1) is 0 Å². The molecule has 0 fully saturated rings. The van der Waals surface area contributed by atoms with Crippen LogP contribution in [0.25, 0.3) is 17.0 Å². The van der Waals surface area contributed by atoms with Crippen molar-refractivity contribution < 1.29 is 9.90 Å². The Balaban J connectivity index is 2.08. The van der Waals surface area contributed by atoms with Crippen molar-refractivity contribution in [3.8, 4) is 0 Å². The van der Waals surface area contributed by atoms with Crippen molar-refractivity contribution in [3.05, 3.63) is 48.2 Å². The first-order valence-corrected chi connectivity index (χ1v) is 7.35. The number of para-hydroxylation sites is 1. The van der Waals surface area contributed by atoms with E-state index in [2.05, 4.69) is 10.3 Å². The van der Waals surface area contributed by atoms with Crippen LogP contribution < -0.4 is 5.32 Å². The van der Waals surface area contributed by atoms with Crippen molar-refractivity contribution in [2.45, 2.75) is 26.8 Å². The van der Waals surface area contributed by atoms with Gasteiger partial charge in [0.25, 0.3) is 0 Å². The molecule has 22 heavy (non-hydrogen) atoms. The maximum atomic E-state index is 12.0. The van der Waals surface area contributed by atoms with Crippen molar-refractivity contribution in [2.24, 2.45) is 5.41 Å². The van der Waals surface area contributed by atoms with Gasteiger partial charge < -0.3 is 10.4 Å². The Labute approximate surface area is 130 Å². The van der Waals surface area contributed by atoms with Crippen molar-refractivity contribution in [1.82, 2.24) is 10.3 Å². The molecule has 1 heterocycles. The van der Waals surface area contributed by atoms with E-state index >= 15 is 0 Å². The van der Waals surface area contributed by atoms with E-state index in [1.807, 2.05) is 57.2 Å². The molecule has 2 rings (SSSR count). The van der Waals surface area contributed by atoms with Gasteiger partial charge in [0, 0.05) is 11.5 Å². The van der Waals surface area contributed by atoms with Gasteiger partial charge >= 0.3 is 0 Å². The van der Waals surface area contributed by atoms with Crippen LogP contribution in [0.2, 0.25) is 0 Å². The van der Waals surface area contributed by atoms with Crippen molar-refractivity contribution in [2.75, 3.05) is 6.61 Å². The standard InChI is InChI=1S/C18H22N2O2/c1-18(2,3)16(12-21)20-17(22)11-10-14-9-8-13-6-4-5-7-15(13)19-14/h4-11,16,21H,12H2,1-3H3,(H,20,22)/b11-10+. The molecular formula is C18H22N2O2. The summed E-state index contributed by atoms with van der Waals surface area (Å²) in [5.74, 6) is -0.232. The zero-order valence-electron chi connectivity index (χ0n) is 13.2. The lowest BCUT2D eigenvalue weighted by atomic mass is 9.87. The number of amides is 1. The van der Waals surface area contributed by atoms with Gasteiger partial charge in [-0.2, -0.15) is 0 Å². The molecule has 0 saturated carbocycles. The Morgan fingerprint density at radius 1 is 1.27 bits per heavy atom. The monoisotopic (exact) mass is 298 g/mol. The molecule has 1 unspecified atom stereocenters. The molecular weight excluding hydrogens is 276 g/mol. The lowest BCUT2D eigenvalue weighted by molar-refractivity contribution is -0.118. The van der Waals surface area contributed by atoms with Gasteiger partial charge in [-0.05, 0) is 23.6 Å². The number of aliphatic hydroxyl groups is 1. The summed E-state index contributed by atoms with van der Waals surface area (Å²) >= 11 is 0. The van der Waals surface area contributed by atoms with Crippen LogP contribution >= 0.6 is 0 Å². The van der Waals surface area contributed by atoms with Crippen LogP contribution in [-0.2, 0) is 4.79 Å². The average molecular weight is 298 g/mol. The predicted molar refractivity (Wildman–Crippen MR) is 89.2 cm³/mol. The van der Waals surface area contributed by atoms with Gasteiger partial charge in [0.15, 0.2) is 0 Å². The summed E-state index contributed by atoms with van der Waals surface area (Å²) < 4.78 is 0. The van der Waals surface area contributed by atoms with E-state index in [4.69, 9.17) is 0 Å². The number of aliphatic hydroxyl groups excluding tert-OH is 1. The van der Waals surface area contributed by atoms with E-state index in [1.165, 1.54) is 6.08 Å². The lowest BCUT2D eigenvalue weighted by Gasteiger charge is -2.29. The molecule has 0 aliphatic rings. The number of carbonyl (C=O) groups excluding carboxylic acids is 1. The highest BCUT2D eigenvalue weighted by Gasteiger charge is 2.24. The number of rotatable bonds is 4. The SMILES string of the molecule is CC(C)(C)C(CO)NC(=O)/C=C/c1ccc2ccccc2n1. The number of nitrogens with zero attached hydrogens (tertiary/aromatic N) is 1. The summed E-state index contributed by atoms with van der Waals surface area (Å²) in [4.78, 5) is 16.4. The minimum atomic E-state index is -0.283. The molecule has 116 valence electrons. The topological polar surface area (TPSA) is 62.2 Å². The first kappa shape index (κ1) is 16.2. The average Bonchev–Trinajstić information content (AvgIpc) is 2.49. The third-order valence-electron chi connectivity index (χ3n) is 3.57. The zero-order chi connectivity index (χ0) is 16.2. The Morgan fingerprint density at radius 3 is 2.68 bits per heavy atom. The number of benzene rings is 1. The third kappa shape index (κ3) is 4.15. The number of carbonyl (C=O) groups is 1. The maximum Gasteiger partial charge on any atom is 0.244 e. The quantitative estimate of drug-likeness (QED) is 0.853. The summed E-state index contributed by atoms with van der Waals surface area (Å²) in [5, 5.41) is 13.2. The molecule has 1 aromatic heterocycles. The van der Waals surface area contributed by atoms with Crippen LogP contribution in [0.5, 0.6) is 0 Å². The molecule has 0 spiro atoms. The van der Waals surface area contributed by atoms with E-state index in [9.17, 15) is 9.90 Å². The first-order chi connectivity index (χ1) is 10.4. The van der Waals surface area contributed by atoms with Gasteiger partial charge in [0.1, 0.15) is 0 Å². The molecule has 1 atom stereocenters. The van der Waals surface area contributed by atoms with Gasteiger partial charge in [-0.1, -0.05) is 45.0 Å². The van der Waals surface area contributed by atoms with Gasteiger partial charge in [-0.3, -0.25) is 4.79 Å². The second-order valence-electron chi connectivity index (χ2n) is 6.37. The highest BCUT2D eigenvalue weighted by Crippen LogP contribution is 2.18. The van der Waals surface area contributed by atoms with Gasteiger partial charge in [-0.25, -0.2) is 4.98 Å². The number of hydrogen-bond donors (Lipinski definition) is 2. The van der Waals surface area contributed by atoms with E-state index in [-0.39, 0.29) is 24.0 Å². The van der Waals surface area contributed by atoms with Crippen molar-refractivity contribution in [1.29, 1.82) is 0 Å². The largest absolute Gasteiger partial charge is 0.394 e. The summed E-state index contributed by atoms with van der Waals surface area (Å²) in [7, 11) is 0. The van der Waals surface area contributed by atoms with Crippen LogP contribution in [0.1, 0.15) is 26.5 Å². The van der Waals surface area contributed by atoms with Crippen LogP contribution in [-0.4, -0.2) is 28.6 Å². The number of aromatic nitrogens is 1. The first-order valence-electron chi connectivity index (χ1n) is 7.35. The summed E-state index contributed by atoms with van der Waals surface area (Å²) in [6, 6.07) is 11.4. The fraction of sp³-hybridized carbons (Fsp3) is 0.333. The summed E-state index contributed by atoms with van der Waals surface area (Å²) in [6.07, 6.45) is 3.13. The molecule has 2 N–H and O–H groups in total. The number of pyridine rings is 1. The zero-order valence-corrected chi connectivity index (χ0v) is 13.2. The predicted octanol–water partition coefficient (Wildman–Crippen LogP) is 2.77. The second kappa shape index (κ2) is 6.71. The Hall–Kier alpha value is -2.20. The Morgan fingerprint density at radius 2 is 2.00 bits per heavy atom. The molecule has 2 aromatic rings. The minimum Gasteiger partial charge on any atom is -0.394 e.